The van der Waals surface area contributed by atoms with Crippen molar-refractivity contribution in [1.29, 1.82) is 0 Å². The molecular weight excluding hydrogens is 144 g/mol. The first kappa shape index (κ1) is 8.33. The maximum absolute atomic E-state index is 10.3. The molecule has 1 unspecified atom stereocenters. The van der Waals surface area contributed by atoms with E-state index in [9.17, 15) is 9.35 Å². The molecule has 48 valence electrons. The van der Waals surface area contributed by atoms with E-state index < -0.39 is 11.2 Å². The van der Waals surface area contributed by atoms with Gasteiger partial charge in [-0.15, -0.1) is 12.6 Å². The van der Waals surface area contributed by atoms with Crippen molar-refractivity contribution in [2.45, 2.75) is 6.42 Å². The molecule has 1 atom stereocenters. The summed E-state index contributed by atoms with van der Waals surface area (Å²) in [6.07, 6.45) is 1.88. The topological polar surface area (TPSA) is 40.1 Å². The van der Waals surface area contributed by atoms with Gasteiger partial charge in [0.1, 0.15) is 5.75 Å². The zero-order chi connectivity index (χ0) is 6.57. The second-order valence-electron chi connectivity index (χ2n) is 1.42. The van der Waals surface area contributed by atoms with Crippen molar-refractivity contribution in [1.82, 2.24) is 0 Å². The summed E-state index contributed by atoms with van der Waals surface area (Å²) < 4.78 is 10.3. The maximum Gasteiger partial charge on any atom is 0.190 e. The highest BCUT2D eigenvalue weighted by Crippen LogP contribution is 1.92. The van der Waals surface area contributed by atoms with Crippen LogP contribution >= 0.6 is 12.6 Å². The Labute approximate surface area is 57.2 Å². The Kier molecular flexibility index (Phi) is 4.41. The summed E-state index contributed by atoms with van der Waals surface area (Å²) in [5.74, 6) is 0.433. The summed E-state index contributed by atoms with van der Waals surface area (Å²) in [4.78, 5) is 10.1. The lowest BCUT2D eigenvalue weighted by molar-refractivity contribution is -0.110. The molecule has 0 N–H and O–H groups in total. The third-order valence-electron chi connectivity index (χ3n) is 0.603. The molecule has 0 radical (unpaired) electrons. The van der Waals surface area contributed by atoms with Gasteiger partial charge in [0.05, 0.1) is 12.7 Å². The van der Waals surface area contributed by atoms with Crippen molar-refractivity contribution < 1.29 is 9.35 Å². The molecule has 8 heavy (non-hydrogen) atoms. The molecule has 0 spiro atoms. The van der Waals surface area contributed by atoms with Crippen molar-refractivity contribution in [3.63, 3.8) is 0 Å². The van der Waals surface area contributed by atoms with Crippen LogP contribution in [0.1, 0.15) is 6.42 Å². The van der Waals surface area contributed by atoms with Crippen LogP contribution in [0.4, 0.5) is 0 Å². The molecule has 0 aromatic heterocycles. The average molecular weight is 152 g/mol. The number of rotatable bonds is 3. The molecule has 0 aliphatic carbocycles. The fourth-order valence-corrected chi connectivity index (χ4v) is 0.967. The molecule has 0 fully saturated rings. The normalized spacial score (nSPS) is 13.4. The first-order valence-electron chi connectivity index (χ1n) is 2.14. The monoisotopic (exact) mass is 152 g/mol. The summed E-state index contributed by atoms with van der Waals surface area (Å²) in [5.41, 5.74) is 0. The van der Waals surface area contributed by atoms with Crippen molar-refractivity contribution in [3.8, 4) is 0 Å². The van der Waals surface area contributed by atoms with Crippen LogP contribution in [-0.4, -0.2) is 21.7 Å². The summed E-state index contributed by atoms with van der Waals surface area (Å²) in [6, 6.07) is 0. The Hall–Kier alpha value is 0.330. The van der Waals surface area contributed by atoms with Gasteiger partial charge in [-0.3, -0.25) is 4.79 Å². The van der Waals surface area contributed by atoms with Crippen molar-refractivity contribution in [2.75, 3.05) is 12.0 Å². The Morgan fingerprint density at radius 3 is 2.50 bits per heavy atom. The molecule has 0 aromatic carbocycles. The Balaban J connectivity index is 3.05. The van der Waals surface area contributed by atoms with Gasteiger partial charge in [-0.05, 0) is 0 Å². The first-order valence-corrected chi connectivity index (χ1v) is 4.32. The fraction of sp³-hybridized carbons (Fsp3) is 0.750. The molecule has 2 nitrogen and oxygen atoms in total. The lowest BCUT2D eigenvalue weighted by Crippen LogP contribution is -2.05. The molecular formula is C4H8O2S2. The second kappa shape index (κ2) is 4.23. The molecule has 0 saturated heterocycles. The lowest BCUT2D eigenvalue weighted by Gasteiger charge is -2.00. The third-order valence-corrected chi connectivity index (χ3v) is 1.61. The SMILES string of the molecule is C[S+]([O-])CCC(=O)S. The minimum absolute atomic E-state index is 0.194. The van der Waals surface area contributed by atoms with Crippen LogP contribution in [0.2, 0.25) is 0 Å². The molecule has 0 aliphatic heterocycles. The van der Waals surface area contributed by atoms with Gasteiger partial charge in [-0.25, -0.2) is 0 Å². The molecule has 0 aliphatic rings. The summed E-state index contributed by atoms with van der Waals surface area (Å²) in [7, 11) is 0. The summed E-state index contributed by atoms with van der Waals surface area (Å²) in [5, 5.41) is -0.194. The van der Waals surface area contributed by atoms with E-state index in [-0.39, 0.29) is 5.12 Å². The molecule has 0 bridgehead atoms. The van der Waals surface area contributed by atoms with Gasteiger partial charge >= 0.3 is 0 Å². The Morgan fingerprint density at radius 1 is 1.88 bits per heavy atom. The highest BCUT2D eigenvalue weighted by atomic mass is 32.2. The smallest absolute Gasteiger partial charge is 0.190 e. The van der Waals surface area contributed by atoms with E-state index in [0.717, 1.165) is 0 Å². The van der Waals surface area contributed by atoms with Crippen LogP contribution in [0.15, 0.2) is 0 Å². The molecule has 0 heterocycles. The fourth-order valence-electron chi connectivity index (χ4n) is 0.231. The maximum atomic E-state index is 10.3. The molecule has 4 heteroatoms. The van der Waals surface area contributed by atoms with E-state index in [1.807, 2.05) is 0 Å². The molecule has 0 aromatic rings. The zero-order valence-electron chi connectivity index (χ0n) is 4.59. The van der Waals surface area contributed by atoms with Gasteiger partial charge in [-0.2, -0.15) is 0 Å². The van der Waals surface area contributed by atoms with Crippen LogP contribution < -0.4 is 0 Å². The van der Waals surface area contributed by atoms with Crippen LogP contribution in [0.3, 0.4) is 0 Å². The van der Waals surface area contributed by atoms with E-state index in [1.54, 1.807) is 6.26 Å². The van der Waals surface area contributed by atoms with Crippen LogP contribution in [-0.2, 0) is 16.0 Å². The number of hydrogen-bond donors (Lipinski definition) is 1. The second-order valence-corrected chi connectivity index (χ2v) is 3.47. The third kappa shape index (κ3) is 6.33. The minimum atomic E-state index is -0.856. The van der Waals surface area contributed by atoms with Gasteiger partial charge < -0.3 is 4.55 Å². The predicted octanol–water partition coefficient (Wildman–Crippen LogP) is 0.211. The van der Waals surface area contributed by atoms with Gasteiger partial charge in [0.15, 0.2) is 5.12 Å². The molecule has 0 amide bonds. The number of carbonyl (C=O) groups is 1. The zero-order valence-corrected chi connectivity index (χ0v) is 6.30. The van der Waals surface area contributed by atoms with E-state index in [0.29, 0.717) is 12.2 Å². The lowest BCUT2D eigenvalue weighted by atomic mass is 10.5. The highest BCUT2D eigenvalue weighted by molar-refractivity contribution is 7.96. The van der Waals surface area contributed by atoms with Crippen LogP contribution in [0, 0.1) is 0 Å². The summed E-state index contributed by atoms with van der Waals surface area (Å²) >= 11 is 2.64. The van der Waals surface area contributed by atoms with E-state index in [2.05, 4.69) is 12.6 Å². The average Bonchev–Trinajstić information content (AvgIpc) is 1.61. The standard InChI is InChI=1S/C4H8O2S2/c1-8(6)3-2-4(5)7/h2-3H2,1H3,(H,5,7). The largest absolute Gasteiger partial charge is 0.617 e. The van der Waals surface area contributed by atoms with Gasteiger partial charge in [0, 0.05) is 0 Å². The van der Waals surface area contributed by atoms with Gasteiger partial charge in [-0.1, -0.05) is 11.2 Å². The van der Waals surface area contributed by atoms with E-state index in [1.165, 1.54) is 0 Å². The first-order chi connectivity index (χ1) is 3.63. The Bertz CT molecular complexity index is 82.1. The van der Waals surface area contributed by atoms with Crippen LogP contribution in [0.5, 0.6) is 0 Å². The molecule has 0 saturated carbocycles. The van der Waals surface area contributed by atoms with Crippen molar-refractivity contribution in [2.24, 2.45) is 0 Å². The minimum Gasteiger partial charge on any atom is -0.617 e. The van der Waals surface area contributed by atoms with E-state index in [4.69, 9.17) is 0 Å². The van der Waals surface area contributed by atoms with Gasteiger partial charge in [0.25, 0.3) is 0 Å². The van der Waals surface area contributed by atoms with Crippen LogP contribution in [0.25, 0.3) is 0 Å². The number of thiol groups is 1. The highest BCUT2D eigenvalue weighted by Gasteiger charge is 1.99. The predicted molar refractivity (Wildman–Crippen MR) is 37.5 cm³/mol. The Morgan fingerprint density at radius 2 is 2.38 bits per heavy atom. The van der Waals surface area contributed by atoms with Gasteiger partial charge in [0.2, 0.25) is 0 Å². The van der Waals surface area contributed by atoms with Crippen molar-refractivity contribution >= 4 is 28.9 Å². The quantitative estimate of drug-likeness (QED) is 0.464. The summed E-state index contributed by atoms with van der Waals surface area (Å²) in [6.45, 7) is 0. The number of hydrogen-bond acceptors (Lipinski definition) is 2. The number of carbonyl (C=O) groups excluding carboxylic acids is 1. The van der Waals surface area contributed by atoms with Crippen molar-refractivity contribution in [3.05, 3.63) is 0 Å². The molecule has 0 rings (SSSR count). The van der Waals surface area contributed by atoms with E-state index >= 15 is 0 Å².